The van der Waals surface area contributed by atoms with Gasteiger partial charge in [-0.05, 0) is 49.5 Å². The van der Waals surface area contributed by atoms with Crippen LogP contribution in [-0.2, 0) is 17.8 Å². The molecule has 1 aromatic heterocycles. The lowest BCUT2D eigenvalue weighted by molar-refractivity contribution is -0.116. The molecule has 5 nitrogen and oxygen atoms in total. The molecule has 1 N–H and O–H groups in total. The minimum atomic E-state index is -0.113. The van der Waals surface area contributed by atoms with Crippen molar-refractivity contribution < 1.29 is 4.79 Å². The Morgan fingerprint density at radius 1 is 1.14 bits per heavy atom. The number of carbonyl (C=O) groups excluding carboxylic acids is 1. The minimum absolute atomic E-state index is 0.113. The highest BCUT2D eigenvalue weighted by atomic mass is 16.1. The SMILES string of the molecule is Cc1ccc(CCCNC(=O)/C=C/c2cn(Cc3ccccc3)nn2)c(C)c1. The van der Waals surface area contributed by atoms with Crippen LogP contribution >= 0.6 is 0 Å². The van der Waals surface area contributed by atoms with Gasteiger partial charge in [0.2, 0.25) is 5.91 Å². The van der Waals surface area contributed by atoms with E-state index in [4.69, 9.17) is 0 Å². The molecule has 0 bridgehead atoms. The summed E-state index contributed by atoms with van der Waals surface area (Å²) in [6.45, 7) is 5.54. The maximum Gasteiger partial charge on any atom is 0.244 e. The van der Waals surface area contributed by atoms with Gasteiger partial charge < -0.3 is 5.32 Å². The van der Waals surface area contributed by atoms with Gasteiger partial charge in [0.1, 0.15) is 5.69 Å². The molecule has 28 heavy (non-hydrogen) atoms. The van der Waals surface area contributed by atoms with Gasteiger partial charge >= 0.3 is 0 Å². The van der Waals surface area contributed by atoms with Crippen LogP contribution in [0.4, 0.5) is 0 Å². The van der Waals surface area contributed by atoms with E-state index in [0.717, 1.165) is 18.4 Å². The van der Waals surface area contributed by atoms with Crippen molar-refractivity contribution in [1.29, 1.82) is 0 Å². The van der Waals surface area contributed by atoms with E-state index in [9.17, 15) is 4.79 Å². The van der Waals surface area contributed by atoms with E-state index >= 15 is 0 Å². The molecule has 0 aliphatic rings. The first kappa shape index (κ1) is 19.5. The van der Waals surface area contributed by atoms with E-state index in [0.29, 0.717) is 18.8 Å². The fraction of sp³-hybridized carbons (Fsp3) is 0.261. The van der Waals surface area contributed by atoms with Crippen molar-refractivity contribution in [3.05, 3.63) is 88.8 Å². The van der Waals surface area contributed by atoms with Crippen LogP contribution in [0.1, 0.15) is 34.4 Å². The van der Waals surface area contributed by atoms with Gasteiger partial charge in [-0.2, -0.15) is 0 Å². The molecule has 0 atom stereocenters. The Kier molecular flexibility index (Phi) is 6.73. The van der Waals surface area contributed by atoms with Crippen LogP contribution in [0.25, 0.3) is 6.08 Å². The summed E-state index contributed by atoms with van der Waals surface area (Å²) >= 11 is 0. The second-order valence-corrected chi connectivity index (χ2v) is 6.98. The maximum atomic E-state index is 12.0. The summed E-state index contributed by atoms with van der Waals surface area (Å²) in [4.78, 5) is 12.0. The predicted octanol–water partition coefficient (Wildman–Crippen LogP) is 3.71. The summed E-state index contributed by atoms with van der Waals surface area (Å²) in [7, 11) is 0. The van der Waals surface area contributed by atoms with Gasteiger partial charge in [0.05, 0.1) is 12.7 Å². The number of carbonyl (C=O) groups is 1. The van der Waals surface area contributed by atoms with Gasteiger partial charge in [0, 0.05) is 12.6 Å². The highest BCUT2D eigenvalue weighted by Gasteiger charge is 2.02. The number of hydrogen-bond acceptors (Lipinski definition) is 3. The average molecular weight is 374 g/mol. The third-order valence-corrected chi connectivity index (χ3v) is 4.57. The maximum absolute atomic E-state index is 12.0. The Labute approximate surface area is 166 Å². The van der Waals surface area contributed by atoms with Crippen molar-refractivity contribution in [2.75, 3.05) is 6.54 Å². The van der Waals surface area contributed by atoms with Gasteiger partial charge in [-0.25, -0.2) is 4.68 Å². The molecule has 1 heterocycles. The number of rotatable bonds is 8. The fourth-order valence-corrected chi connectivity index (χ4v) is 3.07. The van der Waals surface area contributed by atoms with Crippen LogP contribution < -0.4 is 5.32 Å². The third kappa shape index (κ3) is 5.91. The van der Waals surface area contributed by atoms with Gasteiger partial charge in [-0.3, -0.25) is 4.79 Å². The number of hydrogen-bond donors (Lipinski definition) is 1. The van der Waals surface area contributed by atoms with E-state index in [-0.39, 0.29) is 5.91 Å². The van der Waals surface area contributed by atoms with Crippen molar-refractivity contribution in [2.24, 2.45) is 0 Å². The number of nitrogens with one attached hydrogen (secondary N) is 1. The van der Waals surface area contributed by atoms with Gasteiger partial charge in [-0.15, -0.1) is 5.10 Å². The first-order chi connectivity index (χ1) is 13.6. The Morgan fingerprint density at radius 2 is 1.96 bits per heavy atom. The normalized spacial score (nSPS) is 11.1. The second-order valence-electron chi connectivity index (χ2n) is 6.98. The summed E-state index contributed by atoms with van der Waals surface area (Å²) in [6.07, 6.45) is 6.90. The van der Waals surface area contributed by atoms with Gasteiger partial charge in [0.15, 0.2) is 0 Å². The molecule has 3 rings (SSSR count). The summed E-state index contributed by atoms with van der Waals surface area (Å²) in [5.74, 6) is -0.113. The molecule has 0 spiro atoms. The molecule has 144 valence electrons. The first-order valence-corrected chi connectivity index (χ1v) is 9.56. The Balaban J connectivity index is 1.41. The number of benzene rings is 2. The largest absolute Gasteiger partial charge is 0.353 e. The smallest absolute Gasteiger partial charge is 0.244 e. The number of nitrogens with zero attached hydrogens (tertiary/aromatic N) is 3. The monoisotopic (exact) mass is 374 g/mol. The third-order valence-electron chi connectivity index (χ3n) is 4.57. The van der Waals surface area contributed by atoms with Gasteiger partial charge in [0.25, 0.3) is 0 Å². The van der Waals surface area contributed by atoms with Crippen molar-refractivity contribution in [1.82, 2.24) is 20.3 Å². The van der Waals surface area contributed by atoms with Crippen LogP contribution in [0.15, 0.2) is 60.8 Å². The van der Waals surface area contributed by atoms with Gasteiger partial charge in [-0.1, -0.05) is 59.3 Å². The van der Waals surface area contributed by atoms with Crippen molar-refractivity contribution in [3.8, 4) is 0 Å². The first-order valence-electron chi connectivity index (χ1n) is 9.56. The Bertz CT molecular complexity index is 944. The molecule has 1 amide bonds. The standard InChI is InChI=1S/C23H26N4O/c1-18-10-11-21(19(2)15-18)9-6-14-24-23(28)13-12-22-17-27(26-25-22)16-20-7-4-3-5-8-20/h3-5,7-8,10-13,15,17H,6,9,14,16H2,1-2H3,(H,24,28)/b13-12+. The van der Waals surface area contributed by atoms with Crippen molar-refractivity contribution in [2.45, 2.75) is 33.2 Å². The summed E-state index contributed by atoms with van der Waals surface area (Å²) in [5, 5.41) is 11.1. The zero-order valence-corrected chi connectivity index (χ0v) is 16.4. The average Bonchev–Trinajstić information content (AvgIpc) is 3.13. The van der Waals surface area contributed by atoms with E-state index in [1.165, 1.54) is 22.8 Å². The zero-order chi connectivity index (χ0) is 19.8. The van der Waals surface area contributed by atoms with Crippen molar-refractivity contribution in [3.63, 3.8) is 0 Å². The molecule has 0 aliphatic heterocycles. The van der Waals surface area contributed by atoms with Crippen LogP contribution in [0, 0.1) is 13.8 Å². The van der Waals surface area contributed by atoms with Crippen LogP contribution in [0.2, 0.25) is 0 Å². The number of aromatic nitrogens is 3. The molecule has 3 aromatic rings. The lowest BCUT2D eigenvalue weighted by atomic mass is 10.0. The van der Waals surface area contributed by atoms with E-state index in [1.807, 2.05) is 36.5 Å². The molecule has 0 fully saturated rings. The van der Waals surface area contributed by atoms with Crippen molar-refractivity contribution >= 4 is 12.0 Å². The molecule has 0 saturated carbocycles. The highest BCUT2D eigenvalue weighted by molar-refractivity contribution is 5.91. The minimum Gasteiger partial charge on any atom is -0.353 e. The predicted molar refractivity (Wildman–Crippen MR) is 112 cm³/mol. The lowest BCUT2D eigenvalue weighted by Crippen LogP contribution is -2.22. The Morgan fingerprint density at radius 3 is 2.75 bits per heavy atom. The van der Waals surface area contributed by atoms with E-state index < -0.39 is 0 Å². The summed E-state index contributed by atoms with van der Waals surface area (Å²) in [5.41, 5.74) is 5.75. The second kappa shape index (κ2) is 9.65. The molecular formula is C23H26N4O. The molecule has 0 radical (unpaired) electrons. The number of amides is 1. The van der Waals surface area contributed by atoms with Crippen LogP contribution in [-0.4, -0.2) is 27.4 Å². The lowest BCUT2D eigenvalue weighted by Gasteiger charge is -2.07. The van der Waals surface area contributed by atoms with Crippen LogP contribution in [0.5, 0.6) is 0 Å². The molecule has 2 aromatic carbocycles. The highest BCUT2D eigenvalue weighted by Crippen LogP contribution is 2.12. The van der Waals surface area contributed by atoms with E-state index in [2.05, 4.69) is 47.7 Å². The zero-order valence-electron chi connectivity index (χ0n) is 16.4. The molecule has 0 aliphatic carbocycles. The molecule has 5 heteroatoms. The number of aryl methyl sites for hydroxylation is 3. The molecule has 0 saturated heterocycles. The Hall–Kier alpha value is -3.21. The van der Waals surface area contributed by atoms with Crippen LogP contribution in [0.3, 0.4) is 0 Å². The topological polar surface area (TPSA) is 59.8 Å². The molecular weight excluding hydrogens is 348 g/mol. The quantitative estimate of drug-likeness (QED) is 0.483. The molecule has 0 unspecified atom stereocenters. The summed E-state index contributed by atoms with van der Waals surface area (Å²) in [6, 6.07) is 16.6. The summed E-state index contributed by atoms with van der Waals surface area (Å²) < 4.78 is 1.76. The fourth-order valence-electron chi connectivity index (χ4n) is 3.07. The van der Waals surface area contributed by atoms with E-state index in [1.54, 1.807) is 10.8 Å².